The van der Waals surface area contributed by atoms with Gasteiger partial charge in [0, 0.05) is 44.2 Å². The van der Waals surface area contributed by atoms with Gasteiger partial charge in [-0.25, -0.2) is 24.3 Å². The third-order valence-electron chi connectivity index (χ3n) is 5.88. The Kier molecular flexibility index (Phi) is 9.50. The van der Waals surface area contributed by atoms with Gasteiger partial charge >= 0.3 is 20.1 Å². The zero-order chi connectivity index (χ0) is 29.9. The zero-order valence-corrected chi connectivity index (χ0v) is 23.2. The van der Waals surface area contributed by atoms with Crippen molar-refractivity contribution in [2.75, 3.05) is 37.0 Å². The SMILES string of the molecule is COc1ncc(N2CCc3ncnc(N[C@H]4CCN(C(=O)OC(C)(C)C)C4)c3C2)cc1C(F)(F)F.O=P(O)(O)O. The van der Waals surface area contributed by atoms with Gasteiger partial charge in [0.05, 0.1) is 24.7 Å². The Morgan fingerprint density at radius 2 is 1.82 bits per heavy atom. The molecule has 4 rings (SSSR count). The molecule has 1 amide bonds. The van der Waals surface area contributed by atoms with Crippen LogP contribution in [0.25, 0.3) is 0 Å². The highest BCUT2D eigenvalue weighted by Crippen LogP contribution is 2.38. The summed E-state index contributed by atoms with van der Waals surface area (Å²) >= 11 is 0. The van der Waals surface area contributed by atoms with Crippen LogP contribution in [-0.4, -0.2) is 79.0 Å². The molecule has 0 aromatic carbocycles. The van der Waals surface area contributed by atoms with E-state index < -0.39 is 31.0 Å². The second-order valence-corrected chi connectivity index (χ2v) is 11.2. The molecule has 2 aromatic rings. The van der Waals surface area contributed by atoms with Gasteiger partial charge in [-0.3, -0.25) is 0 Å². The van der Waals surface area contributed by atoms with Crippen LogP contribution >= 0.6 is 7.82 Å². The van der Waals surface area contributed by atoms with E-state index >= 15 is 0 Å². The lowest BCUT2D eigenvalue weighted by Gasteiger charge is -2.31. The monoisotopic (exact) mass is 592 g/mol. The van der Waals surface area contributed by atoms with Crippen LogP contribution in [0, 0.1) is 0 Å². The first-order valence-electron chi connectivity index (χ1n) is 12.2. The number of anilines is 2. The molecule has 1 saturated heterocycles. The van der Waals surface area contributed by atoms with Crippen molar-refractivity contribution in [3.8, 4) is 5.88 Å². The number of pyridine rings is 1. The first-order chi connectivity index (χ1) is 18.4. The number of hydrogen-bond donors (Lipinski definition) is 4. The minimum atomic E-state index is -4.64. The normalized spacial score (nSPS) is 17.5. The maximum Gasteiger partial charge on any atom is 0.466 e. The first-order valence-corrected chi connectivity index (χ1v) is 13.7. The molecule has 17 heteroatoms. The number of ether oxygens (including phenoxy) is 2. The summed E-state index contributed by atoms with van der Waals surface area (Å²) in [7, 11) is -3.48. The third kappa shape index (κ3) is 8.91. The molecule has 222 valence electrons. The van der Waals surface area contributed by atoms with Crippen LogP contribution in [-0.2, 0) is 28.4 Å². The molecule has 0 saturated carbocycles. The van der Waals surface area contributed by atoms with Crippen LogP contribution in [0.5, 0.6) is 5.88 Å². The third-order valence-corrected chi connectivity index (χ3v) is 5.88. The molecule has 4 heterocycles. The second-order valence-electron chi connectivity index (χ2n) is 10.1. The number of carbonyl (C=O) groups excluding carboxylic acids is 1. The second kappa shape index (κ2) is 12.1. The van der Waals surface area contributed by atoms with Crippen LogP contribution in [0.3, 0.4) is 0 Å². The Morgan fingerprint density at radius 3 is 2.42 bits per heavy atom. The van der Waals surface area contributed by atoms with E-state index in [9.17, 15) is 18.0 Å². The van der Waals surface area contributed by atoms with Gasteiger partial charge in [0.15, 0.2) is 0 Å². The number of nitrogens with zero attached hydrogens (tertiary/aromatic N) is 5. The summed E-state index contributed by atoms with van der Waals surface area (Å²) in [5.41, 5.74) is 0.520. The number of methoxy groups -OCH3 is 1. The van der Waals surface area contributed by atoms with Crippen molar-refractivity contribution in [1.82, 2.24) is 19.9 Å². The molecule has 0 radical (unpaired) electrons. The Hall–Kier alpha value is -3.20. The summed E-state index contributed by atoms with van der Waals surface area (Å²) < 4.78 is 59.6. The molecule has 1 atom stereocenters. The van der Waals surface area contributed by atoms with Crippen molar-refractivity contribution in [1.29, 1.82) is 0 Å². The van der Waals surface area contributed by atoms with Gasteiger partial charge in [-0.2, -0.15) is 13.2 Å². The lowest BCUT2D eigenvalue weighted by Crippen LogP contribution is -2.37. The fourth-order valence-corrected chi connectivity index (χ4v) is 4.23. The topological polar surface area (TPSA) is 170 Å². The van der Waals surface area contributed by atoms with E-state index in [2.05, 4.69) is 20.3 Å². The molecule has 2 aliphatic rings. The summed E-state index contributed by atoms with van der Waals surface area (Å²) in [4.78, 5) is 50.1. The molecule has 2 aliphatic heterocycles. The van der Waals surface area contributed by atoms with Crippen molar-refractivity contribution < 1.29 is 46.7 Å². The highest BCUT2D eigenvalue weighted by atomic mass is 31.2. The maximum absolute atomic E-state index is 13.5. The maximum atomic E-state index is 13.5. The number of carbonyl (C=O) groups is 1. The van der Waals surface area contributed by atoms with Crippen LogP contribution < -0.4 is 15.0 Å². The Balaban J connectivity index is 0.000000810. The fourth-order valence-electron chi connectivity index (χ4n) is 4.23. The molecular formula is C23H32F3N6O7P. The van der Waals surface area contributed by atoms with Gasteiger partial charge < -0.3 is 39.3 Å². The summed E-state index contributed by atoms with van der Waals surface area (Å²) in [5.74, 6) is 0.161. The van der Waals surface area contributed by atoms with Gasteiger partial charge in [-0.1, -0.05) is 0 Å². The predicted molar refractivity (Wildman–Crippen MR) is 137 cm³/mol. The van der Waals surface area contributed by atoms with Crippen molar-refractivity contribution >= 4 is 25.4 Å². The Labute approximate surface area is 228 Å². The van der Waals surface area contributed by atoms with Gasteiger partial charge in [0.2, 0.25) is 5.88 Å². The molecule has 4 N–H and O–H groups in total. The molecule has 0 bridgehead atoms. The number of fused-ring (bicyclic) bond motifs is 1. The van der Waals surface area contributed by atoms with E-state index in [1.54, 1.807) is 4.90 Å². The molecule has 0 unspecified atom stereocenters. The number of likely N-dealkylation sites (tertiary alicyclic amines) is 1. The molecule has 40 heavy (non-hydrogen) atoms. The number of amides is 1. The summed E-state index contributed by atoms with van der Waals surface area (Å²) in [6.07, 6.45) is -0.807. The van der Waals surface area contributed by atoms with Crippen molar-refractivity contribution in [2.45, 2.75) is 58.0 Å². The van der Waals surface area contributed by atoms with Crippen molar-refractivity contribution in [3.63, 3.8) is 0 Å². The summed E-state index contributed by atoms with van der Waals surface area (Å²) in [6, 6.07) is 1.03. The van der Waals surface area contributed by atoms with Crippen LogP contribution in [0.2, 0.25) is 0 Å². The van der Waals surface area contributed by atoms with Crippen LogP contribution in [0.4, 0.5) is 29.5 Å². The van der Waals surface area contributed by atoms with Crippen molar-refractivity contribution in [3.05, 3.63) is 35.4 Å². The molecule has 0 spiro atoms. The number of nitrogens with one attached hydrogen (secondary N) is 1. The Bertz CT molecular complexity index is 1250. The van der Waals surface area contributed by atoms with E-state index in [0.717, 1.165) is 30.9 Å². The van der Waals surface area contributed by atoms with Crippen LogP contribution in [0.15, 0.2) is 18.6 Å². The largest absolute Gasteiger partial charge is 0.481 e. The average Bonchev–Trinajstić information content (AvgIpc) is 3.30. The lowest BCUT2D eigenvalue weighted by atomic mass is 10.0. The lowest BCUT2D eigenvalue weighted by molar-refractivity contribution is -0.139. The number of rotatable bonds is 4. The molecular weight excluding hydrogens is 560 g/mol. The highest BCUT2D eigenvalue weighted by Gasteiger charge is 2.36. The van der Waals surface area contributed by atoms with E-state index in [0.29, 0.717) is 44.1 Å². The molecule has 2 aromatic heterocycles. The number of aromatic nitrogens is 3. The number of phosphoric acid groups is 1. The van der Waals surface area contributed by atoms with Gasteiger partial charge in [0.1, 0.15) is 23.3 Å². The van der Waals surface area contributed by atoms with E-state index in [4.69, 9.17) is 28.7 Å². The Morgan fingerprint density at radius 1 is 1.15 bits per heavy atom. The fraction of sp³-hybridized carbons (Fsp3) is 0.565. The van der Waals surface area contributed by atoms with E-state index in [1.165, 1.54) is 12.5 Å². The standard InChI is InChI=1S/C23H29F3N6O3.H3O4P/c1-22(2,3)35-21(33)32-7-5-14(11-32)30-19-16-12-31(8-6-18(16)28-13-29-19)15-9-17(23(24,25)26)20(34-4)27-10-15;1-5(2,3)4/h9-10,13-14H,5-8,11-12H2,1-4H3,(H,28,29,30);(H3,1,2,3,4)/t14-;/m0./s1. The number of halogens is 3. The van der Waals surface area contributed by atoms with Gasteiger partial charge in [0.25, 0.3) is 0 Å². The first kappa shape index (κ1) is 31.3. The number of alkyl halides is 3. The quantitative estimate of drug-likeness (QED) is 0.384. The minimum Gasteiger partial charge on any atom is -0.481 e. The summed E-state index contributed by atoms with van der Waals surface area (Å²) in [5, 5.41) is 3.40. The highest BCUT2D eigenvalue weighted by molar-refractivity contribution is 7.45. The zero-order valence-electron chi connectivity index (χ0n) is 22.3. The molecule has 0 aliphatic carbocycles. The van der Waals surface area contributed by atoms with E-state index in [-0.39, 0.29) is 12.1 Å². The molecule has 13 nitrogen and oxygen atoms in total. The number of hydrogen-bond acceptors (Lipinski definition) is 9. The molecule has 1 fully saturated rings. The average molecular weight is 593 g/mol. The van der Waals surface area contributed by atoms with Crippen molar-refractivity contribution in [2.24, 2.45) is 0 Å². The van der Waals surface area contributed by atoms with E-state index in [1.807, 2.05) is 25.7 Å². The minimum absolute atomic E-state index is 0.0311. The van der Waals surface area contributed by atoms with Gasteiger partial charge in [-0.05, 0) is 33.3 Å². The predicted octanol–water partition coefficient (Wildman–Crippen LogP) is 2.95. The smallest absolute Gasteiger partial charge is 0.466 e. The summed E-state index contributed by atoms with van der Waals surface area (Å²) in [6.45, 7) is 7.32. The van der Waals surface area contributed by atoms with Crippen LogP contribution in [0.1, 0.15) is 44.0 Å². The van der Waals surface area contributed by atoms with Gasteiger partial charge in [-0.15, -0.1) is 0 Å².